The molecule has 1 heterocycles. The number of hydrogen-bond acceptors (Lipinski definition) is 4. The third-order valence-electron chi connectivity index (χ3n) is 5.39. The molecule has 0 bridgehead atoms. The third-order valence-corrected chi connectivity index (χ3v) is 5.39. The predicted molar refractivity (Wildman–Crippen MR) is 100 cm³/mol. The quantitative estimate of drug-likeness (QED) is 0.848. The first-order chi connectivity index (χ1) is 13.4. The maximum Gasteiger partial charge on any atom is 0.254 e. The molecule has 0 unspecified atom stereocenters. The fraction of sp³-hybridized carbons (Fsp3) is 0.333. The molecule has 0 spiro atoms. The zero-order valence-electron chi connectivity index (χ0n) is 15.3. The van der Waals surface area contributed by atoms with Gasteiger partial charge in [0.25, 0.3) is 11.8 Å². The fourth-order valence-electron chi connectivity index (χ4n) is 3.42. The number of piperazine rings is 1. The largest absolute Gasteiger partial charge is 0.505 e. The van der Waals surface area contributed by atoms with E-state index in [1.54, 1.807) is 40.1 Å². The van der Waals surface area contributed by atoms with Crippen LogP contribution >= 0.6 is 0 Å². The number of aliphatic hydroxyl groups is 1. The van der Waals surface area contributed by atoms with Crippen LogP contribution in [0.1, 0.15) is 23.2 Å². The van der Waals surface area contributed by atoms with Gasteiger partial charge in [-0.25, -0.2) is 4.39 Å². The van der Waals surface area contributed by atoms with Crippen LogP contribution in [0.15, 0.2) is 42.5 Å². The van der Waals surface area contributed by atoms with E-state index in [1.807, 2.05) is 0 Å². The number of halogens is 1. The summed E-state index contributed by atoms with van der Waals surface area (Å²) in [6, 6.07) is 11.0. The van der Waals surface area contributed by atoms with Gasteiger partial charge in [-0.05, 0) is 48.2 Å². The summed E-state index contributed by atoms with van der Waals surface area (Å²) < 4.78 is 13.2. The summed E-state index contributed by atoms with van der Waals surface area (Å²) >= 11 is 0. The lowest BCUT2D eigenvalue weighted by Crippen LogP contribution is -2.53. The van der Waals surface area contributed by atoms with Gasteiger partial charge in [0, 0.05) is 31.7 Å². The number of aromatic hydroxyl groups is 1. The molecule has 146 valence electrons. The molecule has 1 aliphatic heterocycles. The summed E-state index contributed by atoms with van der Waals surface area (Å²) in [6.45, 7) is 1.68. The van der Waals surface area contributed by atoms with Gasteiger partial charge < -0.3 is 20.0 Å². The molecule has 7 heteroatoms. The Morgan fingerprint density at radius 2 is 1.46 bits per heavy atom. The molecular formula is C21H21FN2O4. The number of amides is 2. The van der Waals surface area contributed by atoms with Crippen LogP contribution in [0.3, 0.4) is 0 Å². The summed E-state index contributed by atoms with van der Waals surface area (Å²) in [6.07, 6.45) is 1.03. The average Bonchev–Trinajstić information content (AvgIpc) is 3.48. The number of benzene rings is 2. The van der Waals surface area contributed by atoms with E-state index in [4.69, 9.17) is 0 Å². The van der Waals surface area contributed by atoms with Gasteiger partial charge in [-0.15, -0.1) is 0 Å². The van der Waals surface area contributed by atoms with Crippen LogP contribution in [-0.2, 0) is 4.79 Å². The van der Waals surface area contributed by atoms with Crippen molar-refractivity contribution in [3.8, 4) is 16.9 Å². The van der Waals surface area contributed by atoms with Gasteiger partial charge in [0.05, 0.1) is 0 Å². The highest BCUT2D eigenvalue weighted by molar-refractivity contribution is 5.95. The predicted octanol–water partition coefficient (Wildman–Crippen LogP) is 2.01. The standard InChI is InChI=1S/C21H21FN2O4/c22-17-6-5-16(13-18(17)25)14-1-3-15(4-2-14)19(26)23-9-11-24(12-10-23)20(27)21(28)7-8-21/h1-6,13,25,28H,7-12H2. The van der Waals surface area contributed by atoms with Crippen molar-refractivity contribution in [2.45, 2.75) is 18.4 Å². The van der Waals surface area contributed by atoms with Crippen LogP contribution in [0, 0.1) is 5.82 Å². The molecule has 2 aromatic rings. The summed E-state index contributed by atoms with van der Waals surface area (Å²) in [4.78, 5) is 28.2. The Balaban J connectivity index is 1.40. The van der Waals surface area contributed by atoms with E-state index in [9.17, 15) is 24.2 Å². The first kappa shape index (κ1) is 18.4. The van der Waals surface area contributed by atoms with Crippen molar-refractivity contribution in [2.24, 2.45) is 0 Å². The van der Waals surface area contributed by atoms with Gasteiger partial charge in [-0.3, -0.25) is 9.59 Å². The van der Waals surface area contributed by atoms with Crippen LogP contribution in [0.25, 0.3) is 11.1 Å². The second kappa shape index (κ2) is 6.91. The second-order valence-electron chi connectivity index (χ2n) is 7.36. The Morgan fingerprint density at radius 3 is 2.04 bits per heavy atom. The summed E-state index contributed by atoms with van der Waals surface area (Å²) in [7, 11) is 0. The van der Waals surface area contributed by atoms with E-state index < -0.39 is 17.2 Å². The number of phenolic OH excluding ortho intramolecular Hbond substituents is 1. The molecule has 0 atom stereocenters. The Bertz CT molecular complexity index is 917. The number of carbonyl (C=O) groups excluding carboxylic acids is 2. The Labute approximate surface area is 161 Å². The highest BCUT2D eigenvalue weighted by atomic mass is 19.1. The minimum Gasteiger partial charge on any atom is -0.505 e. The Kier molecular flexibility index (Phi) is 4.55. The number of rotatable bonds is 3. The first-order valence-electron chi connectivity index (χ1n) is 9.27. The van der Waals surface area contributed by atoms with Gasteiger partial charge in [0.2, 0.25) is 0 Å². The number of phenols is 1. The maximum absolute atomic E-state index is 13.2. The van der Waals surface area contributed by atoms with Crippen LogP contribution in [0.4, 0.5) is 4.39 Å². The van der Waals surface area contributed by atoms with Crippen molar-refractivity contribution in [3.05, 3.63) is 53.8 Å². The highest BCUT2D eigenvalue weighted by Crippen LogP contribution is 2.37. The van der Waals surface area contributed by atoms with E-state index in [2.05, 4.69) is 0 Å². The summed E-state index contributed by atoms with van der Waals surface area (Å²) in [5.74, 6) is -1.44. The van der Waals surface area contributed by atoms with Crippen LogP contribution in [0.5, 0.6) is 5.75 Å². The molecule has 2 fully saturated rings. The molecule has 1 saturated carbocycles. The third kappa shape index (κ3) is 3.45. The van der Waals surface area contributed by atoms with Gasteiger partial charge in [-0.2, -0.15) is 0 Å². The minimum atomic E-state index is -1.17. The Morgan fingerprint density at radius 1 is 0.893 bits per heavy atom. The van der Waals surface area contributed by atoms with Gasteiger partial charge in [0.15, 0.2) is 11.6 Å². The molecule has 6 nitrogen and oxygen atoms in total. The Hall–Kier alpha value is -2.93. The molecule has 2 aromatic carbocycles. The molecule has 2 N–H and O–H groups in total. The molecule has 2 amide bonds. The normalized spacial score (nSPS) is 18.1. The van der Waals surface area contributed by atoms with Crippen LogP contribution in [0.2, 0.25) is 0 Å². The van der Waals surface area contributed by atoms with Crippen molar-refractivity contribution in [1.29, 1.82) is 0 Å². The lowest BCUT2D eigenvalue weighted by Gasteiger charge is -2.35. The zero-order valence-corrected chi connectivity index (χ0v) is 15.3. The van der Waals surface area contributed by atoms with Crippen LogP contribution < -0.4 is 0 Å². The van der Waals surface area contributed by atoms with Gasteiger partial charge >= 0.3 is 0 Å². The zero-order chi connectivity index (χ0) is 19.9. The molecule has 28 heavy (non-hydrogen) atoms. The number of nitrogens with zero attached hydrogens (tertiary/aromatic N) is 2. The molecule has 0 aromatic heterocycles. The van der Waals surface area contributed by atoms with Crippen molar-refractivity contribution < 1.29 is 24.2 Å². The number of hydrogen-bond donors (Lipinski definition) is 2. The molecule has 4 rings (SSSR count). The van der Waals surface area contributed by atoms with E-state index in [0.717, 1.165) is 5.56 Å². The van der Waals surface area contributed by atoms with E-state index in [0.29, 0.717) is 50.1 Å². The molecule has 0 radical (unpaired) electrons. The smallest absolute Gasteiger partial charge is 0.254 e. The topological polar surface area (TPSA) is 81.1 Å². The summed E-state index contributed by atoms with van der Waals surface area (Å²) in [5.41, 5.74) is 0.773. The highest BCUT2D eigenvalue weighted by Gasteiger charge is 2.50. The average molecular weight is 384 g/mol. The molecule has 1 saturated heterocycles. The van der Waals surface area contributed by atoms with E-state index >= 15 is 0 Å². The lowest BCUT2D eigenvalue weighted by molar-refractivity contribution is -0.143. The van der Waals surface area contributed by atoms with Crippen molar-refractivity contribution in [3.63, 3.8) is 0 Å². The summed E-state index contributed by atoms with van der Waals surface area (Å²) in [5, 5.41) is 19.5. The monoisotopic (exact) mass is 384 g/mol. The van der Waals surface area contributed by atoms with Crippen LogP contribution in [-0.4, -0.2) is 63.6 Å². The maximum atomic E-state index is 13.2. The van der Waals surface area contributed by atoms with E-state index in [1.165, 1.54) is 12.1 Å². The molecular weight excluding hydrogens is 363 g/mol. The molecule has 1 aliphatic carbocycles. The second-order valence-corrected chi connectivity index (χ2v) is 7.36. The minimum absolute atomic E-state index is 0.120. The number of carbonyl (C=O) groups is 2. The van der Waals surface area contributed by atoms with Crippen molar-refractivity contribution >= 4 is 11.8 Å². The van der Waals surface area contributed by atoms with E-state index in [-0.39, 0.29) is 11.8 Å². The van der Waals surface area contributed by atoms with Gasteiger partial charge in [0.1, 0.15) is 5.60 Å². The SMILES string of the molecule is O=C(c1ccc(-c2ccc(F)c(O)c2)cc1)N1CCN(C(=O)C2(O)CC2)CC1. The van der Waals surface area contributed by atoms with Crippen molar-refractivity contribution in [2.75, 3.05) is 26.2 Å². The fourth-order valence-corrected chi connectivity index (χ4v) is 3.42. The van der Waals surface area contributed by atoms with Gasteiger partial charge in [-0.1, -0.05) is 18.2 Å². The van der Waals surface area contributed by atoms with Crippen molar-refractivity contribution in [1.82, 2.24) is 9.80 Å². The lowest BCUT2D eigenvalue weighted by atomic mass is 10.0. The first-order valence-corrected chi connectivity index (χ1v) is 9.27. The molecule has 2 aliphatic rings.